The Kier molecular flexibility index (Phi) is 2.45. The Hall–Kier alpha value is -0.315. The molecule has 0 spiro atoms. The summed E-state index contributed by atoms with van der Waals surface area (Å²) in [5.74, 6) is 0. The molecule has 2 aliphatic heterocycles. The van der Waals surface area contributed by atoms with Gasteiger partial charge >= 0.3 is 6.16 Å². The van der Waals surface area contributed by atoms with Crippen LogP contribution in [0.2, 0.25) is 0 Å². The number of ether oxygens (including phenoxy) is 3. The van der Waals surface area contributed by atoms with Crippen LogP contribution in [0.1, 0.15) is 0 Å². The van der Waals surface area contributed by atoms with E-state index in [1.54, 1.807) is 0 Å². The quantitative estimate of drug-likeness (QED) is 0.349. The van der Waals surface area contributed by atoms with E-state index in [2.05, 4.69) is 9.12 Å². The van der Waals surface area contributed by atoms with Crippen molar-refractivity contribution in [2.24, 2.45) is 0 Å². The number of aliphatic hydroxyl groups excluding tert-OH is 1. The number of hydrogen-bond acceptors (Lipinski definition) is 5. The van der Waals surface area contributed by atoms with Crippen LogP contribution in [0.3, 0.4) is 0 Å². The molecule has 0 aliphatic carbocycles. The molecule has 2 saturated heterocycles. The van der Waals surface area contributed by atoms with E-state index in [0.29, 0.717) is 7.00 Å². The first-order valence-electron chi connectivity index (χ1n) is 4.10. The zero-order valence-electron chi connectivity index (χ0n) is 6.88. The molecule has 0 bridgehead atoms. The summed E-state index contributed by atoms with van der Waals surface area (Å²) >= 11 is 0. The van der Waals surface area contributed by atoms with E-state index in [1.807, 2.05) is 0 Å². The molecule has 2 fully saturated rings. The maximum absolute atomic E-state index is 10.8. The Bertz CT molecular complexity index is 205. The van der Waals surface area contributed by atoms with Crippen molar-refractivity contribution in [3.8, 4) is 0 Å². The maximum Gasteiger partial charge on any atom is 0.509 e. The van der Waals surface area contributed by atoms with Crippen LogP contribution in [0.4, 0.5) is 4.79 Å². The highest BCUT2D eigenvalue weighted by molar-refractivity contribution is 7.56. The zero-order valence-corrected chi connectivity index (χ0v) is 8.04. The first-order chi connectivity index (χ1) is 6.26. The summed E-state index contributed by atoms with van der Waals surface area (Å²) in [6.45, 7) is 0.507. The van der Waals surface area contributed by atoms with Gasteiger partial charge < -0.3 is 19.3 Å². The fourth-order valence-electron chi connectivity index (χ4n) is 1.68. The number of hydrogen-bond donors (Lipinski definition) is 1. The van der Waals surface area contributed by atoms with Gasteiger partial charge in [0.05, 0.1) is 12.6 Å². The van der Waals surface area contributed by atoms with E-state index in [9.17, 15) is 4.79 Å². The molecular formula is C6H10BO5P. The third kappa shape index (κ3) is 1.43. The lowest BCUT2D eigenvalue weighted by atomic mass is 9.91. The minimum absolute atomic E-state index is 0.154. The summed E-state index contributed by atoms with van der Waals surface area (Å²) in [5, 5.41) is 8.93. The fourth-order valence-corrected chi connectivity index (χ4v) is 2.05. The van der Waals surface area contributed by atoms with Crippen molar-refractivity contribution in [1.82, 2.24) is 0 Å². The monoisotopic (exact) mass is 204 g/mol. The minimum Gasteiger partial charge on any atom is -0.425 e. The molecule has 5 nitrogen and oxygen atoms in total. The second-order valence-electron chi connectivity index (χ2n) is 3.05. The molecule has 72 valence electrons. The number of rotatable bonds is 2. The summed E-state index contributed by atoms with van der Waals surface area (Å²) < 4.78 is 15.2. The summed E-state index contributed by atoms with van der Waals surface area (Å²) in [6, 6.07) is -0.182. The summed E-state index contributed by atoms with van der Waals surface area (Å²) in [4.78, 5) is 10.8. The van der Waals surface area contributed by atoms with Crippen LogP contribution in [-0.2, 0) is 14.2 Å². The van der Waals surface area contributed by atoms with E-state index < -0.39 is 18.4 Å². The van der Waals surface area contributed by atoms with Gasteiger partial charge in [-0.25, -0.2) is 4.79 Å². The lowest BCUT2D eigenvalue weighted by molar-refractivity contribution is -0.0192. The molecule has 0 aromatic carbocycles. The molecular weight excluding hydrogens is 194 g/mol. The summed E-state index contributed by atoms with van der Waals surface area (Å²) in [5.41, 5.74) is 0. The number of aliphatic hydroxyl groups is 1. The third-order valence-corrected chi connectivity index (χ3v) is 2.75. The Labute approximate surface area is 78.1 Å². The molecule has 13 heavy (non-hydrogen) atoms. The van der Waals surface area contributed by atoms with Gasteiger partial charge in [-0.3, -0.25) is 0 Å². The van der Waals surface area contributed by atoms with Crippen molar-refractivity contribution < 1.29 is 24.1 Å². The Balaban J connectivity index is 2.11. The normalized spacial score (nSPS) is 42.5. The lowest BCUT2D eigenvalue weighted by Crippen LogP contribution is -2.32. The van der Waals surface area contributed by atoms with Crippen LogP contribution in [-0.4, -0.2) is 49.2 Å². The van der Waals surface area contributed by atoms with Crippen LogP contribution in [0.25, 0.3) is 0 Å². The standard InChI is InChI=1S/C6H10BO5P/c8-1-2-3-4(5(7-13)10-2)12-6(9)11-3/h2-5,7-8H,1,13H2/t2-,3+,4?,5-/m1/s1. The molecule has 0 saturated carbocycles. The molecule has 0 radical (unpaired) electrons. The van der Waals surface area contributed by atoms with Crippen molar-refractivity contribution in [2.75, 3.05) is 6.61 Å². The van der Waals surface area contributed by atoms with Crippen molar-refractivity contribution in [2.45, 2.75) is 24.3 Å². The van der Waals surface area contributed by atoms with Crippen LogP contribution in [0, 0.1) is 0 Å². The number of fused-ring (bicyclic) bond motifs is 1. The van der Waals surface area contributed by atoms with Gasteiger partial charge in [0, 0.05) is 0 Å². The van der Waals surface area contributed by atoms with E-state index >= 15 is 0 Å². The average Bonchev–Trinajstić information content (AvgIpc) is 2.61. The van der Waals surface area contributed by atoms with Crippen molar-refractivity contribution in [3.63, 3.8) is 0 Å². The Morgan fingerprint density at radius 1 is 1.46 bits per heavy atom. The molecule has 0 aromatic heterocycles. The highest BCUT2D eigenvalue weighted by Gasteiger charge is 2.53. The van der Waals surface area contributed by atoms with Crippen molar-refractivity contribution in [1.29, 1.82) is 0 Å². The molecule has 2 aliphatic rings. The lowest BCUT2D eigenvalue weighted by Gasteiger charge is -2.12. The van der Waals surface area contributed by atoms with Gasteiger partial charge in [-0.15, -0.1) is 0 Å². The predicted molar refractivity (Wildman–Crippen MR) is 47.7 cm³/mol. The topological polar surface area (TPSA) is 65.0 Å². The van der Waals surface area contributed by atoms with Gasteiger partial charge in [0.2, 0.25) is 0 Å². The first kappa shape index (κ1) is 9.25. The smallest absolute Gasteiger partial charge is 0.425 e. The maximum atomic E-state index is 10.8. The van der Waals surface area contributed by atoms with E-state index in [0.717, 1.165) is 0 Å². The fraction of sp³-hybridized carbons (Fsp3) is 0.833. The third-order valence-electron chi connectivity index (χ3n) is 2.28. The van der Waals surface area contributed by atoms with Gasteiger partial charge in [-0.05, 0) is 0 Å². The highest BCUT2D eigenvalue weighted by Crippen LogP contribution is 2.31. The van der Waals surface area contributed by atoms with Gasteiger partial charge in [0.25, 0.3) is 0 Å². The molecule has 0 aromatic rings. The van der Waals surface area contributed by atoms with E-state index in [4.69, 9.17) is 19.3 Å². The SMILES string of the molecule is O=C1OC2[C@H](BP)O[C@H](CO)[C@@H]2O1. The first-order valence-corrected chi connectivity index (χ1v) is 4.91. The van der Waals surface area contributed by atoms with Gasteiger partial charge in [-0.1, -0.05) is 0 Å². The molecule has 1 N–H and O–H groups in total. The van der Waals surface area contributed by atoms with Gasteiger partial charge in [0.15, 0.2) is 19.2 Å². The van der Waals surface area contributed by atoms with Crippen LogP contribution in [0.15, 0.2) is 0 Å². The van der Waals surface area contributed by atoms with E-state index in [-0.39, 0.29) is 18.7 Å². The van der Waals surface area contributed by atoms with Crippen molar-refractivity contribution in [3.05, 3.63) is 0 Å². The highest BCUT2D eigenvalue weighted by atomic mass is 31.0. The van der Waals surface area contributed by atoms with Crippen molar-refractivity contribution >= 4 is 22.3 Å². The Morgan fingerprint density at radius 2 is 2.15 bits per heavy atom. The number of carbonyl (C=O) groups is 1. The zero-order chi connectivity index (χ0) is 9.42. The van der Waals surface area contributed by atoms with Gasteiger partial charge in [-0.2, -0.15) is 9.12 Å². The van der Waals surface area contributed by atoms with Crippen LogP contribution >= 0.6 is 9.12 Å². The molecule has 2 heterocycles. The minimum atomic E-state index is -0.666. The molecule has 5 atom stereocenters. The summed E-state index contributed by atoms with van der Waals surface area (Å²) in [7, 11) is 2.51. The van der Waals surface area contributed by atoms with Crippen LogP contribution < -0.4 is 0 Å². The number of carbonyl (C=O) groups excluding carboxylic acids is 1. The predicted octanol–water partition coefficient (Wildman–Crippen LogP) is -1.17. The molecule has 7 heteroatoms. The largest absolute Gasteiger partial charge is 0.509 e. The second kappa shape index (κ2) is 3.44. The average molecular weight is 204 g/mol. The second-order valence-corrected chi connectivity index (χ2v) is 3.52. The Morgan fingerprint density at radius 3 is 2.77 bits per heavy atom. The molecule has 2 rings (SSSR count). The molecule has 2 unspecified atom stereocenters. The van der Waals surface area contributed by atoms with E-state index in [1.165, 1.54) is 0 Å². The van der Waals surface area contributed by atoms with Gasteiger partial charge in [0.1, 0.15) is 6.10 Å². The summed E-state index contributed by atoms with van der Waals surface area (Å²) in [6.07, 6.45) is -1.91. The molecule has 0 amide bonds. The van der Waals surface area contributed by atoms with Crippen LogP contribution in [0.5, 0.6) is 0 Å².